The first-order valence-corrected chi connectivity index (χ1v) is 5.76. The van der Waals surface area contributed by atoms with Crippen LogP contribution in [0.4, 0.5) is 5.69 Å². The molecule has 0 saturated carbocycles. The number of benzene rings is 1. The number of ether oxygens (including phenoxy) is 1. The van der Waals surface area contributed by atoms with Crippen LogP contribution in [0.5, 0.6) is 5.75 Å². The van der Waals surface area contributed by atoms with E-state index in [4.69, 9.17) is 16.2 Å². The number of hydrogen-bond donors (Lipinski definition) is 3. The molecule has 18 heavy (non-hydrogen) atoms. The van der Waals surface area contributed by atoms with E-state index in [9.17, 15) is 9.90 Å². The van der Waals surface area contributed by atoms with E-state index in [1.54, 1.807) is 18.2 Å². The number of hydrogen-bond acceptors (Lipinski definition) is 5. The molecule has 1 unspecified atom stereocenters. The Bertz CT molecular complexity index is 450. The maximum absolute atomic E-state index is 11.3. The Hall–Kier alpha value is -1.79. The third kappa shape index (κ3) is 2.72. The van der Waals surface area contributed by atoms with Crippen molar-refractivity contribution < 1.29 is 14.6 Å². The zero-order valence-electron chi connectivity index (χ0n) is 10.0. The minimum atomic E-state index is -0.409. The van der Waals surface area contributed by atoms with Crippen LogP contribution in [-0.4, -0.2) is 41.7 Å². The van der Waals surface area contributed by atoms with Gasteiger partial charge in [0, 0.05) is 13.1 Å². The molecular formula is C12H17N3O3. The lowest BCUT2D eigenvalue weighted by Crippen LogP contribution is -2.51. The molecule has 1 heterocycles. The number of primary amides is 1. The molecular weight excluding hydrogens is 234 g/mol. The fraction of sp³-hybridized carbons (Fsp3) is 0.417. The van der Waals surface area contributed by atoms with Gasteiger partial charge in [-0.1, -0.05) is 6.07 Å². The monoisotopic (exact) mass is 251 g/mol. The molecule has 1 aliphatic heterocycles. The summed E-state index contributed by atoms with van der Waals surface area (Å²) in [5.41, 5.74) is 12.2. The molecule has 0 aliphatic carbocycles. The van der Waals surface area contributed by atoms with Gasteiger partial charge in [0.1, 0.15) is 11.8 Å². The molecule has 1 aromatic carbocycles. The Kier molecular flexibility index (Phi) is 3.69. The van der Waals surface area contributed by atoms with Crippen molar-refractivity contribution in [2.45, 2.75) is 12.6 Å². The largest absolute Gasteiger partial charge is 0.506 e. The minimum absolute atomic E-state index is 0.0622. The number of nitrogens with zero attached hydrogens (tertiary/aromatic N) is 1. The summed E-state index contributed by atoms with van der Waals surface area (Å²) in [5.74, 6) is -0.325. The highest BCUT2D eigenvalue weighted by Crippen LogP contribution is 2.22. The first kappa shape index (κ1) is 12.7. The van der Waals surface area contributed by atoms with Crippen LogP contribution >= 0.6 is 0 Å². The average Bonchev–Trinajstić information content (AvgIpc) is 2.34. The van der Waals surface area contributed by atoms with Crippen LogP contribution in [0.1, 0.15) is 5.56 Å². The quantitative estimate of drug-likeness (QED) is 0.504. The summed E-state index contributed by atoms with van der Waals surface area (Å²) in [4.78, 5) is 13.3. The maximum Gasteiger partial charge on any atom is 0.237 e. The summed E-state index contributed by atoms with van der Waals surface area (Å²) < 4.78 is 5.25. The van der Waals surface area contributed by atoms with Gasteiger partial charge < -0.3 is 21.3 Å². The van der Waals surface area contributed by atoms with Crippen molar-refractivity contribution in [1.82, 2.24) is 4.90 Å². The molecule has 1 saturated heterocycles. The minimum Gasteiger partial charge on any atom is -0.506 e. The Morgan fingerprint density at radius 2 is 2.33 bits per heavy atom. The van der Waals surface area contributed by atoms with Crippen molar-refractivity contribution in [3.8, 4) is 5.75 Å². The number of morpholine rings is 1. The van der Waals surface area contributed by atoms with Gasteiger partial charge in [-0.15, -0.1) is 0 Å². The zero-order valence-corrected chi connectivity index (χ0v) is 10.0. The van der Waals surface area contributed by atoms with E-state index < -0.39 is 6.04 Å². The number of carbonyl (C=O) groups excluding carboxylic acids is 1. The summed E-state index contributed by atoms with van der Waals surface area (Å²) in [6.45, 7) is 2.11. The van der Waals surface area contributed by atoms with Crippen molar-refractivity contribution in [2.75, 3.05) is 25.5 Å². The fourth-order valence-corrected chi connectivity index (χ4v) is 2.03. The topological polar surface area (TPSA) is 102 Å². The van der Waals surface area contributed by atoms with E-state index >= 15 is 0 Å². The lowest BCUT2D eigenvalue weighted by molar-refractivity contribution is -0.129. The van der Waals surface area contributed by atoms with E-state index in [-0.39, 0.29) is 11.7 Å². The van der Waals surface area contributed by atoms with Gasteiger partial charge in [0.05, 0.1) is 18.9 Å². The van der Waals surface area contributed by atoms with Gasteiger partial charge in [-0.2, -0.15) is 0 Å². The van der Waals surface area contributed by atoms with Crippen LogP contribution in [0.25, 0.3) is 0 Å². The molecule has 6 heteroatoms. The number of phenolic OH excluding ortho intramolecular Hbond substituents is 1. The molecule has 0 aromatic heterocycles. The molecule has 1 aromatic rings. The van der Waals surface area contributed by atoms with Gasteiger partial charge in [-0.3, -0.25) is 9.69 Å². The van der Waals surface area contributed by atoms with Crippen LogP contribution in [0.3, 0.4) is 0 Å². The Labute approximate surface area is 105 Å². The van der Waals surface area contributed by atoms with Crippen molar-refractivity contribution in [3.05, 3.63) is 23.8 Å². The molecule has 0 radical (unpaired) electrons. The molecule has 98 valence electrons. The summed E-state index contributed by atoms with van der Waals surface area (Å²) in [6.07, 6.45) is 0. The molecule has 1 amide bonds. The number of aromatic hydroxyl groups is 1. The summed E-state index contributed by atoms with van der Waals surface area (Å²) in [6, 6.07) is 4.61. The molecule has 0 spiro atoms. The Balaban J connectivity index is 2.10. The molecule has 5 N–H and O–H groups in total. The van der Waals surface area contributed by atoms with Crippen molar-refractivity contribution in [3.63, 3.8) is 0 Å². The highest BCUT2D eigenvalue weighted by atomic mass is 16.5. The SMILES string of the molecule is NC(=O)C1COCCN1Cc1ccc(O)c(N)c1. The standard InChI is InChI=1S/C12H17N3O3/c13-9-5-8(1-2-11(9)16)6-15-3-4-18-7-10(15)12(14)17/h1-2,5,10,16H,3-4,6-7,13H2,(H2,14,17). The van der Waals surface area contributed by atoms with E-state index in [2.05, 4.69) is 0 Å². The summed E-state index contributed by atoms with van der Waals surface area (Å²) in [7, 11) is 0. The highest BCUT2D eigenvalue weighted by Gasteiger charge is 2.27. The number of phenols is 1. The van der Waals surface area contributed by atoms with Crippen molar-refractivity contribution in [1.29, 1.82) is 0 Å². The van der Waals surface area contributed by atoms with Gasteiger partial charge in [0.15, 0.2) is 0 Å². The van der Waals surface area contributed by atoms with Crippen molar-refractivity contribution in [2.24, 2.45) is 5.73 Å². The first-order valence-electron chi connectivity index (χ1n) is 5.76. The molecule has 1 aliphatic rings. The van der Waals surface area contributed by atoms with Gasteiger partial charge >= 0.3 is 0 Å². The zero-order chi connectivity index (χ0) is 13.1. The number of anilines is 1. The van der Waals surface area contributed by atoms with Gasteiger partial charge in [-0.25, -0.2) is 0 Å². The van der Waals surface area contributed by atoms with Crippen LogP contribution in [-0.2, 0) is 16.1 Å². The van der Waals surface area contributed by atoms with Crippen LogP contribution in [0.2, 0.25) is 0 Å². The van der Waals surface area contributed by atoms with Crippen LogP contribution in [0, 0.1) is 0 Å². The number of rotatable bonds is 3. The van der Waals surface area contributed by atoms with Crippen LogP contribution < -0.4 is 11.5 Å². The van der Waals surface area contributed by atoms with Gasteiger partial charge in [-0.05, 0) is 17.7 Å². The van der Waals surface area contributed by atoms with Gasteiger partial charge in [0.25, 0.3) is 0 Å². The fourth-order valence-electron chi connectivity index (χ4n) is 2.03. The second kappa shape index (κ2) is 5.24. The number of nitrogen functional groups attached to an aromatic ring is 1. The first-order chi connectivity index (χ1) is 8.58. The summed E-state index contributed by atoms with van der Waals surface area (Å²) >= 11 is 0. The molecule has 1 atom stereocenters. The Morgan fingerprint density at radius 3 is 3.00 bits per heavy atom. The molecule has 2 rings (SSSR count). The van der Waals surface area contributed by atoms with Crippen molar-refractivity contribution >= 4 is 11.6 Å². The molecule has 1 fully saturated rings. The number of nitrogens with two attached hydrogens (primary N) is 2. The summed E-state index contributed by atoms with van der Waals surface area (Å²) in [5, 5.41) is 9.36. The van der Waals surface area contributed by atoms with E-state index in [1.165, 1.54) is 0 Å². The highest BCUT2D eigenvalue weighted by molar-refractivity contribution is 5.80. The third-order valence-corrected chi connectivity index (χ3v) is 3.05. The predicted octanol–water partition coefficient (Wildman–Crippen LogP) is -0.339. The second-order valence-electron chi connectivity index (χ2n) is 4.36. The maximum atomic E-state index is 11.3. The second-order valence-corrected chi connectivity index (χ2v) is 4.36. The smallest absolute Gasteiger partial charge is 0.237 e. The Morgan fingerprint density at radius 1 is 1.56 bits per heavy atom. The number of amides is 1. The normalized spacial score (nSPS) is 20.8. The van der Waals surface area contributed by atoms with E-state index in [1.807, 2.05) is 4.90 Å². The number of carbonyl (C=O) groups is 1. The van der Waals surface area contributed by atoms with E-state index in [0.717, 1.165) is 5.56 Å². The van der Waals surface area contributed by atoms with E-state index in [0.29, 0.717) is 32.0 Å². The van der Waals surface area contributed by atoms with Crippen LogP contribution in [0.15, 0.2) is 18.2 Å². The predicted molar refractivity (Wildman–Crippen MR) is 66.7 cm³/mol. The molecule has 0 bridgehead atoms. The van der Waals surface area contributed by atoms with Gasteiger partial charge in [0.2, 0.25) is 5.91 Å². The lowest BCUT2D eigenvalue weighted by Gasteiger charge is -2.33. The molecule has 6 nitrogen and oxygen atoms in total. The lowest BCUT2D eigenvalue weighted by atomic mass is 10.1. The third-order valence-electron chi connectivity index (χ3n) is 3.05. The average molecular weight is 251 g/mol.